The predicted octanol–water partition coefficient (Wildman–Crippen LogP) is -2.56. The van der Waals surface area contributed by atoms with Crippen LogP contribution in [0.2, 0.25) is 0 Å². The number of hydrogen-bond acceptors (Lipinski definition) is 7. The van der Waals surface area contributed by atoms with E-state index < -0.39 is 60.4 Å². The standard InChI is InChI=1S/C12H15FN2O7/c13-4-2-15(12(20)14-11(4)19)7-1-5-10(22-7)9(18)8(17)6(3-16)21-5/h2,5-10,16-18H,1,3H2,(H,14,19,20)/t5-,6+,7?,8+,9-,10-/m0/s1. The van der Waals surface area contributed by atoms with Crippen LogP contribution in [0.1, 0.15) is 12.6 Å². The fraction of sp³-hybridized carbons (Fsp3) is 0.667. The zero-order valence-corrected chi connectivity index (χ0v) is 11.3. The lowest BCUT2D eigenvalue weighted by molar-refractivity contribution is -0.220. The first kappa shape index (κ1) is 15.3. The first-order chi connectivity index (χ1) is 10.4. The number of aliphatic hydroxyl groups excluding tert-OH is 3. The van der Waals surface area contributed by atoms with E-state index in [1.54, 1.807) is 0 Å². The van der Waals surface area contributed by atoms with Gasteiger partial charge in [0.25, 0.3) is 5.56 Å². The van der Waals surface area contributed by atoms with Crippen molar-refractivity contribution in [3.05, 3.63) is 32.9 Å². The van der Waals surface area contributed by atoms with E-state index in [1.165, 1.54) is 0 Å². The van der Waals surface area contributed by atoms with Crippen LogP contribution in [0.5, 0.6) is 0 Å². The van der Waals surface area contributed by atoms with Gasteiger partial charge in [-0.05, 0) is 0 Å². The Morgan fingerprint density at radius 1 is 1.32 bits per heavy atom. The highest BCUT2D eigenvalue weighted by Crippen LogP contribution is 2.37. The molecule has 1 unspecified atom stereocenters. The van der Waals surface area contributed by atoms with Crippen molar-refractivity contribution in [2.75, 3.05) is 6.61 Å². The van der Waals surface area contributed by atoms with Crippen molar-refractivity contribution in [2.24, 2.45) is 0 Å². The highest BCUT2D eigenvalue weighted by molar-refractivity contribution is 4.98. The summed E-state index contributed by atoms with van der Waals surface area (Å²) in [5, 5.41) is 28.9. The number of aromatic amines is 1. The fourth-order valence-corrected chi connectivity index (χ4v) is 2.81. The first-order valence-corrected chi connectivity index (χ1v) is 6.71. The first-order valence-electron chi connectivity index (χ1n) is 6.71. The van der Waals surface area contributed by atoms with Crippen LogP contribution in [0.15, 0.2) is 15.8 Å². The number of nitrogens with one attached hydrogen (secondary N) is 1. The van der Waals surface area contributed by atoms with Gasteiger partial charge in [0, 0.05) is 6.42 Å². The predicted molar refractivity (Wildman–Crippen MR) is 67.6 cm³/mol. The Balaban J connectivity index is 1.87. The minimum Gasteiger partial charge on any atom is -0.394 e. The number of halogens is 1. The molecule has 1 aromatic heterocycles. The molecule has 22 heavy (non-hydrogen) atoms. The van der Waals surface area contributed by atoms with Crippen LogP contribution in [0.3, 0.4) is 0 Å². The lowest BCUT2D eigenvalue weighted by Gasteiger charge is -2.38. The Bertz CT molecular complexity index is 674. The summed E-state index contributed by atoms with van der Waals surface area (Å²) in [7, 11) is 0. The second-order valence-electron chi connectivity index (χ2n) is 5.31. The van der Waals surface area contributed by atoms with E-state index in [0.717, 1.165) is 10.8 Å². The maximum Gasteiger partial charge on any atom is 0.330 e. The van der Waals surface area contributed by atoms with Gasteiger partial charge in [-0.15, -0.1) is 0 Å². The van der Waals surface area contributed by atoms with Gasteiger partial charge in [-0.1, -0.05) is 0 Å². The maximum atomic E-state index is 13.3. The number of fused-ring (bicyclic) bond motifs is 1. The molecular formula is C12H15FN2O7. The molecule has 4 N–H and O–H groups in total. The van der Waals surface area contributed by atoms with Crippen LogP contribution in [-0.2, 0) is 9.47 Å². The molecule has 0 aliphatic carbocycles. The SMILES string of the molecule is O=c1[nH]c(=O)n(C2C[C@@H]3O[C@H](CO)[C@@H](O)[C@H](O)[C@H]3O2)cc1F. The van der Waals surface area contributed by atoms with Gasteiger partial charge in [0.05, 0.1) is 18.9 Å². The molecule has 0 amide bonds. The fourth-order valence-electron chi connectivity index (χ4n) is 2.81. The Morgan fingerprint density at radius 3 is 2.73 bits per heavy atom. The Morgan fingerprint density at radius 2 is 2.05 bits per heavy atom. The molecule has 3 rings (SSSR count). The molecule has 0 aromatic carbocycles. The van der Waals surface area contributed by atoms with Gasteiger partial charge < -0.3 is 24.8 Å². The molecule has 0 saturated carbocycles. The van der Waals surface area contributed by atoms with Crippen LogP contribution in [0.25, 0.3) is 0 Å². The van der Waals surface area contributed by atoms with Gasteiger partial charge in [0.15, 0.2) is 0 Å². The molecule has 0 bridgehead atoms. The zero-order chi connectivity index (χ0) is 16.0. The quantitative estimate of drug-likeness (QED) is 0.471. The van der Waals surface area contributed by atoms with Crippen molar-refractivity contribution >= 4 is 0 Å². The van der Waals surface area contributed by atoms with Gasteiger partial charge in [0.1, 0.15) is 30.6 Å². The minimum atomic E-state index is -1.34. The molecule has 122 valence electrons. The summed E-state index contributed by atoms with van der Waals surface area (Å²) in [4.78, 5) is 24.6. The molecule has 0 radical (unpaired) electrons. The van der Waals surface area contributed by atoms with Crippen LogP contribution < -0.4 is 11.2 Å². The second-order valence-corrected chi connectivity index (χ2v) is 5.31. The summed E-state index contributed by atoms with van der Waals surface area (Å²) >= 11 is 0. The number of nitrogens with zero attached hydrogens (tertiary/aromatic N) is 1. The summed E-state index contributed by atoms with van der Waals surface area (Å²) in [6.45, 7) is -0.487. The molecule has 1 aromatic rings. The summed E-state index contributed by atoms with van der Waals surface area (Å²) in [6, 6.07) is 0. The van der Waals surface area contributed by atoms with Crippen molar-refractivity contribution in [3.63, 3.8) is 0 Å². The molecule has 10 heteroatoms. The van der Waals surface area contributed by atoms with E-state index in [2.05, 4.69) is 0 Å². The molecule has 0 spiro atoms. The third-order valence-corrected chi connectivity index (χ3v) is 3.95. The summed E-state index contributed by atoms with van der Waals surface area (Å²) < 4.78 is 25.1. The van der Waals surface area contributed by atoms with Gasteiger partial charge >= 0.3 is 5.69 Å². The van der Waals surface area contributed by atoms with Crippen LogP contribution in [0, 0.1) is 5.82 Å². The largest absolute Gasteiger partial charge is 0.394 e. The van der Waals surface area contributed by atoms with Crippen LogP contribution in [-0.4, -0.2) is 62.0 Å². The zero-order valence-electron chi connectivity index (χ0n) is 11.3. The number of H-pyrrole nitrogens is 1. The average molecular weight is 318 g/mol. The minimum absolute atomic E-state index is 0.0936. The van der Waals surface area contributed by atoms with E-state index in [9.17, 15) is 24.2 Å². The Labute approximate surface area is 122 Å². The molecule has 2 aliphatic rings. The van der Waals surface area contributed by atoms with Gasteiger partial charge in [-0.3, -0.25) is 14.3 Å². The average Bonchev–Trinajstić information content (AvgIpc) is 2.90. The van der Waals surface area contributed by atoms with E-state index in [-0.39, 0.29) is 6.42 Å². The van der Waals surface area contributed by atoms with Gasteiger partial charge in [-0.25, -0.2) is 4.79 Å². The number of hydrogen-bond donors (Lipinski definition) is 4. The molecule has 2 aliphatic heterocycles. The highest BCUT2D eigenvalue weighted by Gasteiger charge is 2.50. The Hall–Kier alpha value is -1.59. The number of ether oxygens (including phenoxy) is 2. The number of aliphatic hydroxyl groups is 3. The third kappa shape index (κ3) is 2.38. The molecule has 3 heterocycles. The summed E-state index contributed by atoms with van der Waals surface area (Å²) in [5.74, 6) is -1.15. The molecule has 9 nitrogen and oxygen atoms in total. The van der Waals surface area contributed by atoms with Crippen LogP contribution >= 0.6 is 0 Å². The highest BCUT2D eigenvalue weighted by atomic mass is 19.1. The monoisotopic (exact) mass is 318 g/mol. The van der Waals surface area contributed by atoms with E-state index in [4.69, 9.17) is 14.6 Å². The summed E-state index contributed by atoms with van der Waals surface area (Å²) in [6.07, 6.45) is -5.38. The van der Waals surface area contributed by atoms with E-state index >= 15 is 0 Å². The summed E-state index contributed by atoms with van der Waals surface area (Å²) in [5.41, 5.74) is -1.99. The van der Waals surface area contributed by atoms with Crippen molar-refractivity contribution in [1.29, 1.82) is 0 Å². The van der Waals surface area contributed by atoms with Crippen molar-refractivity contribution < 1.29 is 29.2 Å². The lowest BCUT2D eigenvalue weighted by Crippen LogP contribution is -2.57. The topological polar surface area (TPSA) is 134 Å². The second kappa shape index (κ2) is 5.56. The molecule has 6 atom stereocenters. The number of aromatic nitrogens is 2. The van der Waals surface area contributed by atoms with Gasteiger partial charge in [-0.2, -0.15) is 4.39 Å². The Kier molecular flexibility index (Phi) is 3.87. The smallest absolute Gasteiger partial charge is 0.330 e. The molecular weight excluding hydrogens is 303 g/mol. The molecule has 2 saturated heterocycles. The molecule has 2 fully saturated rings. The van der Waals surface area contributed by atoms with Crippen molar-refractivity contribution in [3.8, 4) is 0 Å². The van der Waals surface area contributed by atoms with Gasteiger partial charge in [0.2, 0.25) is 5.82 Å². The lowest BCUT2D eigenvalue weighted by atomic mass is 9.95. The van der Waals surface area contributed by atoms with Crippen LogP contribution in [0.4, 0.5) is 4.39 Å². The normalized spacial score (nSPS) is 38.0. The van der Waals surface area contributed by atoms with E-state index in [0.29, 0.717) is 0 Å². The van der Waals surface area contributed by atoms with E-state index in [1.807, 2.05) is 4.98 Å². The van der Waals surface area contributed by atoms with Crippen molar-refractivity contribution in [2.45, 2.75) is 43.2 Å². The number of rotatable bonds is 2. The maximum absolute atomic E-state index is 13.3. The van der Waals surface area contributed by atoms with Crippen molar-refractivity contribution in [1.82, 2.24) is 9.55 Å². The third-order valence-electron chi connectivity index (χ3n) is 3.95.